The highest BCUT2D eigenvalue weighted by atomic mass is 16.4. The van der Waals surface area contributed by atoms with E-state index in [2.05, 4.69) is 0 Å². The molecule has 0 amide bonds. The van der Waals surface area contributed by atoms with E-state index in [0.717, 1.165) is 0 Å². The van der Waals surface area contributed by atoms with E-state index in [1.165, 1.54) is 24.7 Å². The van der Waals surface area contributed by atoms with Crippen molar-refractivity contribution in [3.05, 3.63) is 36.2 Å². The second-order valence-electron chi connectivity index (χ2n) is 2.94. The van der Waals surface area contributed by atoms with Crippen molar-refractivity contribution in [3.63, 3.8) is 0 Å². The summed E-state index contributed by atoms with van der Waals surface area (Å²) in [5.74, 6) is -3.16. The summed E-state index contributed by atoms with van der Waals surface area (Å²) in [7, 11) is 0. The first kappa shape index (κ1) is 10.0. The fourth-order valence-electron chi connectivity index (χ4n) is 1.37. The molecule has 0 aromatic carbocycles. The third-order valence-corrected chi connectivity index (χ3v) is 2.01. The van der Waals surface area contributed by atoms with Crippen LogP contribution in [0.1, 0.15) is 21.1 Å². The van der Waals surface area contributed by atoms with Crippen LogP contribution in [0.5, 0.6) is 0 Å². The van der Waals surface area contributed by atoms with Crippen molar-refractivity contribution >= 4 is 11.9 Å². The summed E-state index contributed by atoms with van der Waals surface area (Å²) < 4.78 is 9.50. The minimum absolute atomic E-state index is 0.179. The topological polar surface area (TPSA) is 101 Å². The highest BCUT2D eigenvalue weighted by Crippen LogP contribution is 2.29. The lowest BCUT2D eigenvalue weighted by atomic mass is 10.1. The molecule has 2 aromatic heterocycles. The van der Waals surface area contributed by atoms with Crippen molar-refractivity contribution in [1.82, 2.24) is 0 Å². The molecule has 0 atom stereocenters. The first-order chi connectivity index (χ1) is 7.61. The van der Waals surface area contributed by atoms with Crippen LogP contribution < -0.4 is 0 Å². The first-order valence-electron chi connectivity index (χ1n) is 4.23. The summed E-state index contributed by atoms with van der Waals surface area (Å²) in [6.07, 6.45) is 2.36. The Balaban J connectivity index is 2.59. The quantitative estimate of drug-likeness (QED) is 0.822. The lowest BCUT2D eigenvalue weighted by Gasteiger charge is -1.96. The van der Waals surface area contributed by atoms with Gasteiger partial charge in [-0.25, -0.2) is 9.59 Å². The summed E-state index contributed by atoms with van der Waals surface area (Å²) in [4.78, 5) is 21.6. The van der Waals surface area contributed by atoms with E-state index < -0.39 is 11.9 Å². The second kappa shape index (κ2) is 3.58. The molecule has 82 valence electrons. The van der Waals surface area contributed by atoms with E-state index in [4.69, 9.17) is 19.0 Å². The standard InChI is InChI=1S/C10H6O6/c11-9(12)7-5(1-3-15-7)6-2-4-16-8(6)10(13)14/h1-4H,(H,11,12)(H,13,14). The maximum absolute atomic E-state index is 10.8. The molecule has 0 bridgehead atoms. The molecule has 0 aliphatic carbocycles. The van der Waals surface area contributed by atoms with Crippen LogP contribution in [0.15, 0.2) is 33.5 Å². The molecule has 2 N–H and O–H groups in total. The molecule has 2 heterocycles. The Kier molecular flexibility index (Phi) is 2.24. The van der Waals surface area contributed by atoms with Crippen molar-refractivity contribution in [2.45, 2.75) is 0 Å². The predicted molar refractivity (Wildman–Crippen MR) is 50.3 cm³/mol. The van der Waals surface area contributed by atoms with E-state index in [0.29, 0.717) is 0 Å². The average Bonchev–Trinajstić information content (AvgIpc) is 2.85. The molecule has 0 aliphatic rings. The number of aromatic carboxylic acids is 2. The summed E-state index contributed by atoms with van der Waals surface area (Å²) >= 11 is 0. The second-order valence-corrected chi connectivity index (χ2v) is 2.94. The van der Waals surface area contributed by atoms with Crippen molar-refractivity contribution in [1.29, 1.82) is 0 Å². The Morgan fingerprint density at radius 3 is 1.56 bits per heavy atom. The highest BCUT2D eigenvalue weighted by Gasteiger charge is 2.22. The molecular weight excluding hydrogens is 216 g/mol. The molecule has 0 aliphatic heterocycles. The average molecular weight is 222 g/mol. The minimum Gasteiger partial charge on any atom is -0.475 e. The van der Waals surface area contributed by atoms with Gasteiger partial charge in [0.1, 0.15) is 0 Å². The fraction of sp³-hybridized carbons (Fsp3) is 0. The molecule has 0 saturated heterocycles. The van der Waals surface area contributed by atoms with Crippen LogP contribution in [0.2, 0.25) is 0 Å². The number of carbonyl (C=O) groups is 2. The molecule has 6 heteroatoms. The van der Waals surface area contributed by atoms with Crippen molar-refractivity contribution in [2.24, 2.45) is 0 Å². The Morgan fingerprint density at radius 2 is 1.25 bits per heavy atom. The van der Waals surface area contributed by atoms with Gasteiger partial charge in [-0.05, 0) is 12.1 Å². The summed E-state index contributed by atoms with van der Waals surface area (Å²) in [5.41, 5.74) is 0.359. The number of hydrogen-bond donors (Lipinski definition) is 2. The molecule has 2 aromatic rings. The van der Waals surface area contributed by atoms with E-state index in [1.807, 2.05) is 0 Å². The summed E-state index contributed by atoms with van der Waals surface area (Å²) in [6.45, 7) is 0. The van der Waals surface area contributed by atoms with E-state index in [-0.39, 0.29) is 22.6 Å². The molecular formula is C10H6O6. The largest absolute Gasteiger partial charge is 0.475 e. The minimum atomic E-state index is -1.27. The molecule has 0 spiro atoms. The highest BCUT2D eigenvalue weighted by molar-refractivity contribution is 5.98. The molecule has 2 rings (SSSR count). The third kappa shape index (κ3) is 1.46. The lowest BCUT2D eigenvalue weighted by Crippen LogP contribution is -1.99. The van der Waals surface area contributed by atoms with Crippen LogP contribution in [0, 0.1) is 0 Å². The van der Waals surface area contributed by atoms with E-state index in [9.17, 15) is 9.59 Å². The van der Waals surface area contributed by atoms with Gasteiger partial charge in [-0.15, -0.1) is 0 Å². The normalized spacial score (nSPS) is 10.2. The van der Waals surface area contributed by atoms with Gasteiger partial charge in [-0.3, -0.25) is 0 Å². The van der Waals surface area contributed by atoms with Gasteiger partial charge in [0.15, 0.2) is 0 Å². The molecule has 0 unspecified atom stereocenters. The van der Waals surface area contributed by atoms with Gasteiger partial charge in [0.05, 0.1) is 12.5 Å². The Bertz CT molecular complexity index is 497. The number of rotatable bonds is 3. The molecule has 6 nitrogen and oxygen atoms in total. The summed E-state index contributed by atoms with van der Waals surface area (Å²) in [5, 5.41) is 17.6. The van der Waals surface area contributed by atoms with Gasteiger partial charge in [0.25, 0.3) is 0 Å². The van der Waals surface area contributed by atoms with Crippen molar-refractivity contribution in [3.8, 4) is 11.1 Å². The van der Waals surface area contributed by atoms with Gasteiger partial charge >= 0.3 is 11.9 Å². The number of carboxylic acid groups (broad SMARTS) is 2. The SMILES string of the molecule is O=C(O)c1occc1-c1ccoc1C(=O)O. The molecule has 0 radical (unpaired) electrons. The van der Waals surface area contributed by atoms with Gasteiger partial charge in [0.2, 0.25) is 11.5 Å². The zero-order chi connectivity index (χ0) is 11.7. The predicted octanol–water partition coefficient (Wildman–Crippen LogP) is 1.94. The zero-order valence-corrected chi connectivity index (χ0v) is 7.84. The van der Waals surface area contributed by atoms with Gasteiger partial charge in [-0.2, -0.15) is 0 Å². The number of hydrogen-bond acceptors (Lipinski definition) is 4. The van der Waals surface area contributed by atoms with Crippen molar-refractivity contribution < 1.29 is 28.6 Å². The first-order valence-corrected chi connectivity index (χ1v) is 4.23. The Hall–Kier alpha value is -2.50. The third-order valence-electron chi connectivity index (χ3n) is 2.01. The molecule has 0 fully saturated rings. The van der Waals surface area contributed by atoms with Crippen LogP contribution in [0.3, 0.4) is 0 Å². The Morgan fingerprint density at radius 1 is 0.875 bits per heavy atom. The number of carboxylic acids is 2. The molecule has 0 saturated carbocycles. The van der Waals surface area contributed by atoms with Crippen LogP contribution in [-0.4, -0.2) is 22.2 Å². The van der Waals surface area contributed by atoms with E-state index in [1.54, 1.807) is 0 Å². The maximum Gasteiger partial charge on any atom is 0.372 e. The van der Waals surface area contributed by atoms with E-state index >= 15 is 0 Å². The monoisotopic (exact) mass is 222 g/mol. The van der Waals surface area contributed by atoms with Gasteiger partial charge < -0.3 is 19.0 Å². The van der Waals surface area contributed by atoms with Crippen LogP contribution in [0.4, 0.5) is 0 Å². The van der Waals surface area contributed by atoms with Crippen LogP contribution in [-0.2, 0) is 0 Å². The van der Waals surface area contributed by atoms with Crippen LogP contribution in [0.25, 0.3) is 11.1 Å². The zero-order valence-electron chi connectivity index (χ0n) is 7.84. The fourth-order valence-corrected chi connectivity index (χ4v) is 1.37. The smallest absolute Gasteiger partial charge is 0.372 e. The molecule has 16 heavy (non-hydrogen) atoms. The van der Waals surface area contributed by atoms with Crippen molar-refractivity contribution in [2.75, 3.05) is 0 Å². The summed E-state index contributed by atoms with van der Waals surface area (Å²) in [6, 6.07) is 2.75. The van der Waals surface area contributed by atoms with Gasteiger partial charge in [0, 0.05) is 11.1 Å². The van der Waals surface area contributed by atoms with Gasteiger partial charge in [-0.1, -0.05) is 0 Å². The maximum atomic E-state index is 10.8. The van der Waals surface area contributed by atoms with Crippen LogP contribution >= 0.6 is 0 Å². The lowest BCUT2D eigenvalue weighted by molar-refractivity contribution is 0.0650. The Labute approximate surface area is 88.7 Å². The number of furan rings is 2.